The van der Waals surface area contributed by atoms with Crippen LogP contribution in [0.3, 0.4) is 0 Å². The molecule has 2 nitrogen and oxygen atoms in total. The van der Waals surface area contributed by atoms with Gasteiger partial charge in [-0.3, -0.25) is 4.79 Å². The predicted molar refractivity (Wildman–Crippen MR) is 56.2 cm³/mol. The van der Waals surface area contributed by atoms with E-state index in [1.807, 2.05) is 6.92 Å². The van der Waals surface area contributed by atoms with E-state index in [1.165, 1.54) is 6.92 Å². The van der Waals surface area contributed by atoms with Gasteiger partial charge in [0.05, 0.1) is 6.26 Å². The number of hydrogen-bond donors (Lipinski definition) is 0. The molecule has 13 heavy (non-hydrogen) atoms. The molecular formula is C11H20O2. The maximum absolute atomic E-state index is 9.75. The van der Waals surface area contributed by atoms with E-state index >= 15 is 0 Å². The van der Waals surface area contributed by atoms with E-state index in [9.17, 15) is 4.79 Å². The number of ether oxygens (including phenoxy) is 1. The quantitative estimate of drug-likeness (QED) is 0.355. The number of carbonyl (C=O) groups is 1. The van der Waals surface area contributed by atoms with E-state index in [0.717, 1.165) is 6.26 Å². The average Bonchev–Trinajstić information content (AvgIpc) is 1.84. The lowest BCUT2D eigenvalue weighted by atomic mass is 9.97. The molecule has 0 saturated heterocycles. The van der Waals surface area contributed by atoms with E-state index in [1.54, 1.807) is 0 Å². The van der Waals surface area contributed by atoms with Crippen LogP contribution in [0.5, 0.6) is 0 Å². The molecule has 76 valence electrons. The van der Waals surface area contributed by atoms with E-state index in [2.05, 4.69) is 44.2 Å². The molecular weight excluding hydrogens is 164 g/mol. The van der Waals surface area contributed by atoms with Crippen LogP contribution >= 0.6 is 0 Å². The van der Waals surface area contributed by atoms with Crippen LogP contribution in [0, 0.1) is 5.41 Å². The highest BCUT2D eigenvalue weighted by molar-refractivity contribution is 5.66. The van der Waals surface area contributed by atoms with Crippen LogP contribution in [0.15, 0.2) is 25.0 Å². The van der Waals surface area contributed by atoms with Crippen LogP contribution in [-0.4, -0.2) is 5.97 Å². The van der Waals surface area contributed by atoms with Crippen LogP contribution in [-0.2, 0) is 9.53 Å². The summed E-state index contributed by atoms with van der Waals surface area (Å²) in [5, 5.41) is 0. The zero-order valence-electron chi connectivity index (χ0n) is 9.26. The highest BCUT2D eigenvalue weighted by Crippen LogP contribution is 2.13. The Balaban J connectivity index is 0. The molecule has 0 radical (unpaired) electrons. The monoisotopic (exact) mass is 184 g/mol. The van der Waals surface area contributed by atoms with Gasteiger partial charge in [-0.1, -0.05) is 39.5 Å². The minimum atomic E-state index is -0.329. The molecule has 0 bridgehead atoms. The van der Waals surface area contributed by atoms with Crippen LogP contribution in [0.25, 0.3) is 0 Å². The molecule has 0 fully saturated rings. The van der Waals surface area contributed by atoms with E-state index < -0.39 is 0 Å². The molecule has 0 spiro atoms. The largest absolute Gasteiger partial charge is 0.435 e. The summed E-state index contributed by atoms with van der Waals surface area (Å²) < 4.78 is 4.17. The van der Waals surface area contributed by atoms with Crippen molar-refractivity contribution in [1.82, 2.24) is 0 Å². The van der Waals surface area contributed by atoms with E-state index in [0.29, 0.717) is 5.41 Å². The second-order valence-electron chi connectivity index (χ2n) is 3.64. The van der Waals surface area contributed by atoms with Crippen molar-refractivity contribution >= 4 is 5.97 Å². The lowest BCUT2D eigenvalue weighted by Crippen LogP contribution is -1.97. The number of carbonyl (C=O) groups excluding carboxylic acids is 1. The lowest BCUT2D eigenvalue weighted by molar-refractivity contribution is -0.135. The Labute approximate surface area is 81.3 Å². The molecule has 0 aromatic heterocycles. The van der Waals surface area contributed by atoms with Gasteiger partial charge < -0.3 is 4.74 Å². The van der Waals surface area contributed by atoms with Gasteiger partial charge >= 0.3 is 5.97 Å². The molecule has 0 atom stereocenters. The van der Waals surface area contributed by atoms with Gasteiger partial charge in [0, 0.05) is 6.92 Å². The fraction of sp³-hybridized carbons (Fsp3) is 0.545. The Morgan fingerprint density at radius 2 is 1.85 bits per heavy atom. The Bertz CT molecular complexity index is 173. The maximum Gasteiger partial charge on any atom is 0.307 e. The number of rotatable bonds is 1. The smallest absolute Gasteiger partial charge is 0.307 e. The number of allylic oxidation sites excluding steroid dienone is 2. The third-order valence-electron chi connectivity index (χ3n) is 0.916. The average molecular weight is 184 g/mol. The zero-order valence-corrected chi connectivity index (χ0v) is 9.26. The fourth-order valence-electron chi connectivity index (χ4n) is 0.617. The highest BCUT2D eigenvalue weighted by atomic mass is 16.5. The van der Waals surface area contributed by atoms with Crippen molar-refractivity contribution in [3.05, 3.63) is 25.0 Å². The molecule has 0 amide bonds. The second-order valence-corrected chi connectivity index (χ2v) is 3.64. The SMILES string of the molecule is C=COC(C)=O.CC=CC(C)(C)C. The normalized spacial score (nSPS) is 10.2. The van der Waals surface area contributed by atoms with Crippen molar-refractivity contribution in [2.24, 2.45) is 5.41 Å². The van der Waals surface area contributed by atoms with Crippen molar-refractivity contribution in [2.45, 2.75) is 34.6 Å². The molecule has 0 rings (SSSR count). The van der Waals surface area contributed by atoms with Crippen molar-refractivity contribution in [1.29, 1.82) is 0 Å². The number of hydrogen-bond acceptors (Lipinski definition) is 2. The lowest BCUT2D eigenvalue weighted by Gasteiger charge is -2.09. The molecule has 0 aliphatic heterocycles. The summed E-state index contributed by atoms with van der Waals surface area (Å²) in [4.78, 5) is 9.75. The molecule has 0 N–H and O–H groups in total. The van der Waals surface area contributed by atoms with E-state index in [-0.39, 0.29) is 5.97 Å². The summed E-state index contributed by atoms with van der Waals surface area (Å²) in [6, 6.07) is 0. The topological polar surface area (TPSA) is 26.3 Å². The summed E-state index contributed by atoms with van der Waals surface area (Å²) in [5.74, 6) is -0.329. The minimum absolute atomic E-state index is 0.329. The molecule has 0 aliphatic rings. The maximum atomic E-state index is 9.75. The van der Waals surface area contributed by atoms with Crippen molar-refractivity contribution in [3.63, 3.8) is 0 Å². The molecule has 0 aromatic rings. The summed E-state index contributed by atoms with van der Waals surface area (Å²) in [6.07, 6.45) is 5.37. The predicted octanol–water partition coefficient (Wildman–Crippen LogP) is 3.30. The Hall–Kier alpha value is -1.05. The highest BCUT2D eigenvalue weighted by Gasteiger charge is 2.00. The van der Waals surface area contributed by atoms with Crippen LogP contribution in [0.1, 0.15) is 34.6 Å². The van der Waals surface area contributed by atoms with Gasteiger partial charge in [-0.2, -0.15) is 0 Å². The first-order valence-corrected chi connectivity index (χ1v) is 4.25. The van der Waals surface area contributed by atoms with Gasteiger partial charge in [0.15, 0.2) is 0 Å². The zero-order chi connectivity index (χ0) is 10.9. The molecule has 0 saturated carbocycles. The molecule has 0 aliphatic carbocycles. The van der Waals surface area contributed by atoms with Gasteiger partial charge in [0.2, 0.25) is 0 Å². The summed E-state index contributed by atoms with van der Waals surface area (Å²) in [7, 11) is 0. The standard InChI is InChI=1S/C7H14.C4H6O2/c1-5-6-7(2,3)4;1-3-6-4(2)5/h5-6H,1-4H3;3H,1H2,2H3. The van der Waals surface area contributed by atoms with Gasteiger partial charge in [-0.15, -0.1) is 0 Å². The molecule has 0 aromatic carbocycles. The van der Waals surface area contributed by atoms with Crippen molar-refractivity contribution in [3.8, 4) is 0 Å². The van der Waals surface area contributed by atoms with Gasteiger partial charge in [-0.05, 0) is 12.3 Å². The first-order valence-electron chi connectivity index (χ1n) is 4.25. The second kappa shape index (κ2) is 7.59. The molecule has 0 heterocycles. The molecule has 0 unspecified atom stereocenters. The van der Waals surface area contributed by atoms with Crippen LogP contribution < -0.4 is 0 Å². The third-order valence-corrected chi connectivity index (χ3v) is 0.916. The van der Waals surface area contributed by atoms with Gasteiger partial charge in [0.1, 0.15) is 0 Å². The first-order chi connectivity index (χ1) is 5.83. The summed E-state index contributed by atoms with van der Waals surface area (Å²) in [6.45, 7) is 13.1. The Morgan fingerprint density at radius 3 is 1.85 bits per heavy atom. The van der Waals surface area contributed by atoms with Crippen molar-refractivity contribution in [2.75, 3.05) is 0 Å². The summed E-state index contributed by atoms with van der Waals surface area (Å²) in [5.41, 5.74) is 0.370. The van der Waals surface area contributed by atoms with Gasteiger partial charge in [-0.25, -0.2) is 0 Å². The van der Waals surface area contributed by atoms with Gasteiger partial charge in [0.25, 0.3) is 0 Å². The first kappa shape index (κ1) is 14.5. The minimum Gasteiger partial charge on any atom is -0.435 e. The third kappa shape index (κ3) is 24.8. The Kier molecular flexibility index (Phi) is 8.45. The summed E-state index contributed by atoms with van der Waals surface area (Å²) >= 11 is 0. The fourth-order valence-corrected chi connectivity index (χ4v) is 0.617. The van der Waals surface area contributed by atoms with Crippen molar-refractivity contribution < 1.29 is 9.53 Å². The Morgan fingerprint density at radius 1 is 1.38 bits per heavy atom. The molecule has 2 heteroatoms. The number of esters is 1. The van der Waals surface area contributed by atoms with Crippen LogP contribution in [0.2, 0.25) is 0 Å². The van der Waals surface area contributed by atoms with Crippen LogP contribution in [0.4, 0.5) is 0 Å². The van der Waals surface area contributed by atoms with E-state index in [4.69, 9.17) is 0 Å².